The number of carboxylic acid groups (broad SMARTS) is 2. The van der Waals surface area contributed by atoms with Crippen LogP contribution in [0.25, 0.3) is 0 Å². The molecule has 2 aromatic rings. The standard InChI is InChI=1S/C14H15N3O4/c18-13(19)12(6-11-7-15-9-16-11)17(14(20)21)8-10-4-2-1-3-5-10/h1-5,7,9,12H,6,8H2,(H,15,16)(H,18,19)(H,20,21)/t12-/m0/s1. The van der Waals surface area contributed by atoms with Crippen molar-refractivity contribution in [3.8, 4) is 0 Å². The third-order valence-electron chi connectivity index (χ3n) is 3.07. The minimum atomic E-state index is -1.27. The predicted octanol–water partition coefficient (Wildman–Crippen LogP) is 1.59. The highest BCUT2D eigenvalue weighted by Gasteiger charge is 2.30. The van der Waals surface area contributed by atoms with E-state index in [2.05, 4.69) is 9.97 Å². The van der Waals surface area contributed by atoms with Gasteiger partial charge in [0.05, 0.1) is 6.33 Å². The lowest BCUT2D eigenvalue weighted by molar-refractivity contribution is -0.142. The van der Waals surface area contributed by atoms with Crippen molar-refractivity contribution in [3.63, 3.8) is 0 Å². The van der Waals surface area contributed by atoms with Crippen LogP contribution in [0.3, 0.4) is 0 Å². The molecule has 2 rings (SSSR count). The Morgan fingerprint density at radius 1 is 1.24 bits per heavy atom. The maximum atomic E-state index is 11.4. The Morgan fingerprint density at radius 3 is 2.48 bits per heavy atom. The van der Waals surface area contributed by atoms with Gasteiger partial charge in [0, 0.05) is 24.9 Å². The highest BCUT2D eigenvalue weighted by molar-refractivity contribution is 5.79. The highest BCUT2D eigenvalue weighted by Crippen LogP contribution is 2.13. The quantitative estimate of drug-likeness (QED) is 0.748. The first kappa shape index (κ1) is 14.6. The van der Waals surface area contributed by atoms with Gasteiger partial charge in [-0.1, -0.05) is 30.3 Å². The summed E-state index contributed by atoms with van der Waals surface area (Å²) in [5.41, 5.74) is 1.30. The molecule has 0 aliphatic heterocycles. The summed E-state index contributed by atoms with van der Waals surface area (Å²) in [5, 5.41) is 18.6. The van der Waals surface area contributed by atoms with Crippen LogP contribution < -0.4 is 0 Å². The molecule has 0 aliphatic rings. The Morgan fingerprint density at radius 2 is 1.95 bits per heavy atom. The maximum Gasteiger partial charge on any atom is 0.408 e. The molecule has 110 valence electrons. The van der Waals surface area contributed by atoms with E-state index in [1.165, 1.54) is 12.5 Å². The van der Waals surface area contributed by atoms with E-state index in [1.807, 2.05) is 6.07 Å². The van der Waals surface area contributed by atoms with Gasteiger partial charge in [-0.05, 0) is 5.56 Å². The molecule has 0 fully saturated rings. The Labute approximate surface area is 120 Å². The molecule has 0 saturated carbocycles. The predicted molar refractivity (Wildman–Crippen MR) is 73.7 cm³/mol. The number of hydrogen-bond donors (Lipinski definition) is 3. The van der Waals surface area contributed by atoms with Crippen molar-refractivity contribution >= 4 is 12.1 Å². The van der Waals surface area contributed by atoms with Crippen molar-refractivity contribution in [1.82, 2.24) is 14.9 Å². The van der Waals surface area contributed by atoms with E-state index in [0.29, 0.717) is 5.69 Å². The summed E-state index contributed by atoms with van der Waals surface area (Å²) < 4.78 is 0. The number of aliphatic carboxylic acids is 1. The molecule has 1 aromatic heterocycles. The van der Waals surface area contributed by atoms with Gasteiger partial charge in [0.15, 0.2) is 0 Å². The number of H-pyrrole nitrogens is 1. The molecule has 1 aromatic carbocycles. The third-order valence-corrected chi connectivity index (χ3v) is 3.07. The molecule has 1 heterocycles. The van der Waals surface area contributed by atoms with E-state index in [9.17, 15) is 19.8 Å². The summed E-state index contributed by atoms with van der Waals surface area (Å²) in [4.78, 5) is 30.3. The molecule has 1 amide bonds. The van der Waals surface area contributed by atoms with Gasteiger partial charge in [-0.25, -0.2) is 14.6 Å². The molecule has 0 saturated heterocycles. The number of carboxylic acids is 1. The van der Waals surface area contributed by atoms with E-state index < -0.39 is 18.1 Å². The van der Waals surface area contributed by atoms with Gasteiger partial charge in [-0.3, -0.25) is 4.90 Å². The van der Waals surface area contributed by atoms with Crippen LogP contribution in [0.2, 0.25) is 0 Å². The van der Waals surface area contributed by atoms with Crippen LogP contribution >= 0.6 is 0 Å². The van der Waals surface area contributed by atoms with Gasteiger partial charge in [-0.2, -0.15) is 0 Å². The maximum absolute atomic E-state index is 11.4. The summed E-state index contributed by atoms with van der Waals surface area (Å²) >= 11 is 0. The lowest BCUT2D eigenvalue weighted by Gasteiger charge is -2.26. The molecule has 21 heavy (non-hydrogen) atoms. The fourth-order valence-electron chi connectivity index (χ4n) is 2.03. The van der Waals surface area contributed by atoms with Crippen LogP contribution in [-0.4, -0.2) is 43.2 Å². The Balaban J connectivity index is 2.20. The minimum absolute atomic E-state index is 0.0152. The number of imidazole rings is 1. The van der Waals surface area contributed by atoms with Crippen molar-refractivity contribution in [1.29, 1.82) is 0 Å². The van der Waals surface area contributed by atoms with E-state index in [0.717, 1.165) is 10.5 Å². The smallest absolute Gasteiger partial charge is 0.408 e. The molecule has 3 N–H and O–H groups in total. The SMILES string of the molecule is O=C(O)[C@H](Cc1cnc[nH]1)N(Cc1ccccc1)C(=O)O. The number of nitrogens with zero attached hydrogens (tertiary/aromatic N) is 2. The summed E-state index contributed by atoms with van der Waals surface area (Å²) in [5.74, 6) is -1.19. The summed E-state index contributed by atoms with van der Waals surface area (Å²) in [6, 6.07) is 7.70. The van der Waals surface area contributed by atoms with Crippen LogP contribution in [0, 0.1) is 0 Å². The molecule has 0 bridgehead atoms. The number of benzene rings is 1. The molecular formula is C14H15N3O4. The lowest BCUT2D eigenvalue weighted by Crippen LogP contribution is -2.45. The number of rotatable bonds is 6. The number of amides is 1. The van der Waals surface area contributed by atoms with Crippen LogP contribution in [0.15, 0.2) is 42.9 Å². The van der Waals surface area contributed by atoms with E-state index in [-0.39, 0.29) is 13.0 Å². The number of aromatic amines is 1. The second kappa shape index (κ2) is 6.56. The summed E-state index contributed by atoms with van der Waals surface area (Å²) in [7, 11) is 0. The average Bonchev–Trinajstić information content (AvgIpc) is 2.96. The molecule has 0 aliphatic carbocycles. The number of carbonyl (C=O) groups is 2. The van der Waals surface area contributed by atoms with E-state index >= 15 is 0 Å². The van der Waals surface area contributed by atoms with Crippen LogP contribution in [0.1, 0.15) is 11.3 Å². The highest BCUT2D eigenvalue weighted by atomic mass is 16.4. The van der Waals surface area contributed by atoms with Crippen molar-refractivity contribution < 1.29 is 19.8 Å². The number of aromatic nitrogens is 2. The van der Waals surface area contributed by atoms with Crippen molar-refractivity contribution in [2.24, 2.45) is 0 Å². The van der Waals surface area contributed by atoms with Gasteiger partial charge in [0.1, 0.15) is 6.04 Å². The Hall–Kier alpha value is -2.83. The minimum Gasteiger partial charge on any atom is -0.480 e. The zero-order valence-electron chi connectivity index (χ0n) is 11.1. The first-order chi connectivity index (χ1) is 10.1. The summed E-state index contributed by atoms with van der Waals surface area (Å²) in [6.07, 6.45) is 1.68. The van der Waals surface area contributed by atoms with E-state index in [1.54, 1.807) is 24.3 Å². The van der Waals surface area contributed by atoms with Gasteiger partial charge in [0.25, 0.3) is 0 Å². The van der Waals surface area contributed by atoms with Crippen molar-refractivity contribution in [2.45, 2.75) is 19.0 Å². The molecule has 0 spiro atoms. The van der Waals surface area contributed by atoms with Gasteiger partial charge in [0.2, 0.25) is 0 Å². The van der Waals surface area contributed by atoms with Gasteiger partial charge >= 0.3 is 12.1 Å². The second-order valence-corrected chi connectivity index (χ2v) is 4.53. The third kappa shape index (κ3) is 3.82. The number of hydrogen-bond acceptors (Lipinski definition) is 3. The first-order valence-corrected chi connectivity index (χ1v) is 6.31. The van der Waals surface area contributed by atoms with Crippen LogP contribution in [0.4, 0.5) is 4.79 Å². The first-order valence-electron chi connectivity index (χ1n) is 6.31. The molecule has 1 atom stereocenters. The molecule has 0 radical (unpaired) electrons. The zero-order valence-corrected chi connectivity index (χ0v) is 11.1. The van der Waals surface area contributed by atoms with Gasteiger partial charge in [-0.15, -0.1) is 0 Å². The van der Waals surface area contributed by atoms with Crippen LogP contribution in [-0.2, 0) is 17.8 Å². The fourth-order valence-corrected chi connectivity index (χ4v) is 2.03. The molecule has 7 nitrogen and oxygen atoms in total. The largest absolute Gasteiger partial charge is 0.480 e. The van der Waals surface area contributed by atoms with Crippen LogP contribution in [0.5, 0.6) is 0 Å². The average molecular weight is 289 g/mol. The normalized spacial score (nSPS) is 11.8. The summed E-state index contributed by atoms with van der Waals surface area (Å²) in [6.45, 7) is 0.0152. The van der Waals surface area contributed by atoms with Crippen molar-refractivity contribution in [2.75, 3.05) is 0 Å². The second-order valence-electron chi connectivity index (χ2n) is 4.53. The monoisotopic (exact) mass is 289 g/mol. The Kier molecular flexibility index (Phi) is 4.55. The molecule has 7 heteroatoms. The zero-order chi connectivity index (χ0) is 15.2. The lowest BCUT2D eigenvalue weighted by atomic mass is 10.1. The van der Waals surface area contributed by atoms with Gasteiger partial charge < -0.3 is 15.2 Å². The molecular weight excluding hydrogens is 274 g/mol. The number of nitrogens with one attached hydrogen (secondary N) is 1. The van der Waals surface area contributed by atoms with Crippen molar-refractivity contribution in [3.05, 3.63) is 54.1 Å². The topological polar surface area (TPSA) is 107 Å². The fraction of sp³-hybridized carbons (Fsp3) is 0.214. The molecule has 0 unspecified atom stereocenters. The van der Waals surface area contributed by atoms with E-state index in [4.69, 9.17) is 0 Å². The Bertz CT molecular complexity index is 598.